The average Bonchev–Trinajstić information content (AvgIpc) is 2.19. The number of halogens is 1. The van der Waals surface area contributed by atoms with Gasteiger partial charge in [-0.25, -0.2) is 4.39 Å². The Morgan fingerprint density at radius 3 is 2.61 bits per heavy atom. The van der Waals surface area contributed by atoms with Crippen LogP contribution in [0.5, 0.6) is 0 Å². The highest BCUT2D eigenvalue weighted by Crippen LogP contribution is 2.10. The van der Waals surface area contributed by atoms with Crippen LogP contribution in [0.15, 0.2) is 18.2 Å². The van der Waals surface area contributed by atoms with E-state index in [9.17, 15) is 9.50 Å². The van der Waals surface area contributed by atoms with Gasteiger partial charge in [-0.15, -0.1) is 0 Å². The zero-order valence-electron chi connectivity index (χ0n) is 11.6. The predicted octanol–water partition coefficient (Wildman–Crippen LogP) is 1.54. The molecule has 0 aliphatic rings. The van der Waals surface area contributed by atoms with Gasteiger partial charge in [-0.2, -0.15) is 0 Å². The van der Waals surface area contributed by atoms with Crippen molar-refractivity contribution in [2.75, 3.05) is 27.2 Å². The van der Waals surface area contributed by atoms with Gasteiger partial charge in [0, 0.05) is 19.6 Å². The van der Waals surface area contributed by atoms with Crippen LogP contribution in [0.1, 0.15) is 18.1 Å². The zero-order valence-corrected chi connectivity index (χ0v) is 11.6. The first-order chi connectivity index (χ1) is 8.30. The molecule has 0 spiro atoms. The van der Waals surface area contributed by atoms with Crippen molar-refractivity contribution < 1.29 is 9.50 Å². The summed E-state index contributed by atoms with van der Waals surface area (Å²) in [5, 5.41) is 13.3. The Labute approximate surface area is 109 Å². The van der Waals surface area contributed by atoms with E-state index >= 15 is 0 Å². The van der Waals surface area contributed by atoms with Crippen molar-refractivity contribution >= 4 is 0 Å². The molecule has 0 saturated heterocycles. The molecule has 1 aromatic carbocycles. The summed E-state index contributed by atoms with van der Waals surface area (Å²) >= 11 is 0. The molecule has 1 unspecified atom stereocenters. The van der Waals surface area contributed by atoms with Crippen LogP contribution in [0, 0.1) is 12.7 Å². The smallest absolute Gasteiger partial charge is 0.123 e. The van der Waals surface area contributed by atoms with Gasteiger partial charge >= 0.3 is 0 Å². The number of aliphatic hydroxyl groups is 1. The molecule has 3 nitrogen and oxygen atoms in total. The van der Waals surface area contributed by atoms with Gasteiger partial charge in [0.25, 0.3) is 0 Å². The van der Waals surface area contributed by atoms with E-state index in [4.69, 9.17) is 0 Å². The van der Waals surface area contributed by atoms with Gasteiger partial charge in [-0.05, 0) is 51.2 Å². The number of benzene rings is 1. The average molecular weight is 254 g/mol. The number of hydrogen-bond acceptors (Lipinski definition) is 3. The molecule has 1 rings (SSSR count). The molecule has 0 fully saturated rings. The lowest BCUT2D eigenvalue weighted by atomic mass is 10.1. The molecule has 18 heavy (non-hydrogen) atoms. The topological polar surface area (TPSA) is 35.5 Å². The Balaban J connectivity index is 2.46. The zero-order chi connectivity index (χ0) is 13.8. The maximum atomic E-state index is 12.9. The summed E-state index contributed by atoms with van der Waals surface area (Å²) in [7, 11) is 3.86. The van der Waals surface area contributed by atoms with Crippen LogP contribution >= 0.6 is 0 Å². The Morgan fingerprint density at radius 1 is 1.39 bits per heavy atom. The summed E-state index contributed by atoms with van der Waals surface area (Å²) in [6, 6.07) is 4.76. The van der Waals surface area contributed by atoms with Crippen LogP contribution in [0.2, 0.25) is 0 Å². The van der Waals surface area contributed by atoms with Crippen molar-refractivity contribution in [1.29, 1.82) is 0 Å². The molecule has 102 valence electrons. The maximum Gasteiger partial charge on any atom is 0.123 e. The molecule has 0 saturated carbocycles. The van der Waals surface area contributed by atoms with Gasteiger partial charge in [0.1, 0.15) is 5.82 Å². The van der Waals surface area contributed by atoms with Gasteiger partial charge in [-0.1, -0.05) is 6.07 Å². The fourth-order valence-electron chi connectivity index (χ4n) is 2.06. The van der Waals surface area contributed by atoms with Crippen LogP contribution < -0.4 is 5.32 Å². The summed E-state index contributed by atoms with van der Waals surface area (Å²) < 4.78 is 12.9. The van der Waals surface area contributed by atoms with Gasteiger partial charge in [0.05, 0.1) is 5.60 Å². The number of aryl methyl sites for hydroxylation is 1. The third-order valence-corrected chi connectivity index (χ3v) is 2.78. The van der Waals surface area contributed by atoms with E-state index in [1.54, 1.807) is 13.0 Å². The van der Waals surface area contributed by atoms with E-state index in [0.29, 0.717) is 19.6 Å². The number of likely N-dealkylation sites (N-methyl/N-ethyl adjacent to an activating group) is 1. The molecule has 0 heterocycles. The minimum atomic E-state index is -0.766. The van der Waals surface area contributed by atoms with Gasteiger partial charge < -0.3 is 15.3 Å². The van der Waals surface area contributed by atoms with E-state index < -0.39 is 5.60 Å². The van der Waals surface area contributed by atoms with Crippen LogP contribution in [-0.2, 0) is 6.54 Å². The molecule has 1 aromatic rings. The van der Waals surface area contributed by atoms with Crippen LogP contribution in [-0.4, -0.2) is 42.8 Å². The van der Waals surface area contributed by atoms with E-state index in [1.807, 2.05) is 25.9 Å². The molecule has 1 atom stereocenters. The lowest BCUT2D eigenvalue weighted by Crippen LogP contribution is -2.45. The summed E-state index contributed by atoms with van der Waals surface area (Å²) in [5.74, 6) is -0.212. The second-order valence-electron chi connectivity index (χ2n) is 5.41. The Bertz CT molecular complexity index is 391. The quantitative estimate of drug-likeness (QED) is 0.808. The summed E-state index contributed by atoms with van der Waals surface area (Å²) in [4.78, 5) is 1.95. The molecule has 0 amide bonds. The van der Waals surface area contributed by atoms with Crippen molar-refractivity contribution in [1.82, 2.24) is 10.2 Å². The maximum absolute atomic E-state index is 12.9. The number of nitrogens with zero attached hydrogens (tertiary/aromatic N) is 1. The summed E-state index contributed by atoms with van der Waals surface area (Å²) in [6.07, 6.45) is 0. The van der Waals surface area contributed by atoms with Crippen molar-refractivity contribution in [2.45, 2.75) is 26.0 Å². The Morgan fingerprint density at radius 2 is 2.06 bits per heavy atom. The van der Waals surface area contributed by atoms with Gasteiger partial charge in [0.15, 0.2) is 0 Å². The van der Waals surface area contributed by atoms with Crippen molar-refractivity contribution in [3.63, 3.8) is 0 Å². The van der Waals surface area contributed by atoms with Crippen molar-refractivity contribution in [3.8, 4) is 0 Å². The highest BCUT2D eigenvalue weighted by Gasteiger charge is 2.20. The fourth-order valence-corrected chi connectivity index (χ4v) is 2.06. The lowest BCUT2D eigenvalue weighted by Gasteiger charge is -2.27. The molecular formula is C14H23FN2O. The largest absolute Gasteiger partial charge is 0.388 e. The molecular weight excluding hydrogens is 231 g/mol. The minimum Gasteiger partial charge on any atom is -0.388 e. The minimum absolute atomic E-state index is 0.212. The van der Waals surface area contributed by atoms with Crippen molar-refractivity contribution in [2.24, 2.45) is 0 Å². The standard InChI is InChI=1S/C14H23FN2O/c1-11-7-13(15)6-5-12(11)8-16-9-14(2,18)10-17(3)4/h5-7,16,18H,8-10H2,1-4H3. The first-order valence-electron chi connectivity index (χ1n) is 6.13. The number of nitrogens with one attached hydrogen (secondary N) is 1. The fraction of sp³-hybridized carbons (Fsp3) is 0.571. The predicted molar refractivity (Wildman–Crippen MR) is 72.0 cm³/mol. The third kappa shape index (κ3) is 5.12. The van der Waals surface area contributed by atoms with E-state index in [2.05, 4.69) is 5.32 Å². The monoisotopic (exact) mass is 254 g/mol. The number of rotatable bonds is 6. The molecule has 0 aliphatic carbocycles. The molecule has 2 N–H and O–H groups in total. The van der Waals surface area contributed by atoms with E-state index in [-0.39, 0.29) is 5.82 Å². The molecule has 0 aromatic heterocycles. The van der Waals surface area contributed by atoms with Gasteiger partial charge in [0.2, 0.25) is 0 Å². The van der Waals surface area contributed by atoms with Crippen LogP contribution in [0.3, 0.4) is 0 Å². The lowest BCUT2D eigenvalue weighted by molar-refractivity contribution is 0.0336. The highest BCUT2D eigenvalue weighted by atomic mass is 19.1. The van der Waals surface area contributed by atoms with E-state index in [0.717, 1.165) is 11.1 Å². The number of hydrogen-bond donors (Lipinski definition) is 2. The SMILES string of the molecule is Cc1cc(F)ccc1CNCC(C)(O)CN(C)C. The van der Waals surface area contributed by atoms with Crippen LogP contribution in [0.25, 0.3) is 0 Å². The Hall–Kier alpha value is -0.970. The first-order valence-corrected chi connectivity index (χ1v) is 6.13. The summed E-state index contributed by atoms with van der Waals surface area (Å²) in [5.41, 5.74) is 1.21. The molecule has 0 aliphatic heterocycles. The van der Waals surface area contributed by atoms with E-state index in [1.165, 1.54) is 12.1 Å². The summed E-state index contributed by atoms with van der Waals surface area (Å²) in [6.45, 7) is 5.43. The third-order valence-electron chi connectivity index (χ3n) is 2.78. The Kier molecular flexibility index (Phi) is 5.26. The second-order valence-corrected chi connectivity index (χ2v) is 5.41. The normalized spacial score (nSPS) is 14.8. The molecule has 0 bridgehead atoms. The first kappa shape index (κ1) is 15.1. The van der Waals surface area contributed by atoms with Crippen LogP contribution in [0.4, 0.5) is 4.39 Å². The molecule has 4 heteroatoms. The van der Waals surface area contributed by atoms with Gasteiger partial charge in [-0.3, -0.25) is 0 Å². The highest BCUT2D eigenvalue weighted by molar-refractivity contribution is 5.26. The second kappa shape index (κ2) is 6.27. The molecule has 0 radical (unpaired) electrons. The van der Waals surface area contributed by atoms with Crippen molar-refractivity contribution in [3.05, 3.63) is 35.1 Å².